The quantitative estimate of drug-likeness (QED) is 0.284. The van der Waals surface area contributed by atoms with Crippen LogP contribution in [0.1, 0.15) is 6.92 Å². The maximum absolute atomic E-state index is 12.4. The third-order valence-corrected chi connectivity index (χ3v) is 4.62. The van der Waals surface area contributed by atoms with Gasteiger partial charge in [0.15, 0.2) is 5.82 Å². The average Bonchev–Trinajstić information content (AvgIpc) is 3.03. The summed E-state index contributed by atoms with van der Waals surface area (Å²) < 4.78 is 1.29. The highest BCUT2D eigenvalue weighted by Crippen LogP contribution is 2.25. The van der Waals surface area contributed by atoms with Crippen molar-refractivity contribution in [3.8, 4) is 11.4 Å². The standard InChI is InChI=1S/C16H15N7O3S/c1-10(15(24)19-12-5-2-6-13(8-12)23(25)26)27-16-21-20-14(22(16)17)11-4-3-7-18-9-11/h2-10H,17H2,1H3,(H,19,24)/t10-/m1/s1. The van der Waals surface area contributed by atoms with Gasteiger partial charge >= 0.3 is 0 Å². The Kier molecular flexibility index (Phi) is 5.31. The van der Waals surface area contributed by atoms with Gasteiger partial charge in [-0.3, -0.25) is 19.9 Å². The molecule has 0 unspecified atom stereocenters. The van der Waals surface area contributed by atoms with Crippen molar-refractivity contribution in [1.82, 2.24) is 19.9 Å². The number of nitrogens with two attached hydrogens (primary N) is 1. The average molecular weight is 385 g/mol. The zero-order valence-corrected chi connectivity index (χ0v) is 15.0. The molecule has 0 aliphatic carbocycles. The second-order valence-corrected chi connectivity index (χ2v) is 6.78. The fraction of sp³-hybridized carbons (Fsp3) is 0.125. The number of benzene rings is 1. The predicted molar refractivity (Wildman–Crippen MR) is 100 cm³/mol. The summed E-state index contributed by atoms with van der Waals surface area (Å²) in [6.07, 6.45) is 3.25. The van der Waals surface area contributed by atoms with Crippen molar-refractivity contribution in [1.29, 1.82) is 0 Å². The van der Waals surface area contributed by atoms with E-state index >= 15 is 0 Å². The number of carbonyl (C=O) groups is 1. The molecule has 27 heavy (non-hydrogen) atoms. The number of rotatable bonds is 6. The van der Waals surface area contributed by atoms with E-state index in [2.05, 4.69) is 20.5 Å². The molecule has 10 nitrogen and oxygen atoms in total. The molecule has 3 rings (SSSR count). The van der Waals surface area contributed by atoms with E-state index in [1.165, 1.54) is 22.9 Å². The zero-order chi connectivity index (χ0) is 19.4. The van der Waals surface area contributed by atoms with Crippen LogP contribution < -0.4 is 11.2 Å². The summed E-state index contributed by atoms with van der Waals surface area (Å²) >= 11 is 1.12. The van der Waals surface area contributed by atoms with E-state index in [0.29, 0.717) is 22.2 Å². The number of anilines is 1. The lowest BCUT2D eigenvalue weighted by atomic mass is 10.2. The number of hydrogen-bond donors (Lipinski definition) is 2. The molecule has 0 radical (unpaired) electrons. The number of nitrogens with one attached hydrogen (secondary N) is 1. The third kappa shape index (κ3) is 4.20. The summed E-state index contributed by atoms with van der Waals surface area (Å²) in [6, 6.07) is 9.28. The Morgan fingerprint density at radius 3 is 2.85 bits per heavy atom. The van der Waals surface area contributed by atoms with Crippen LogP contribution in [-0.4, -0.2) is 35.9 Å². The first-order valence-electron chi connectivity index (χ1n) is 7.78. The van der Waals surface area contributed by atoms with Crippen LogP contribution in [-0.2, 0) is 4.79 Å². The van der Waals surface area contributed by atoms with E-state index < -0.39 is 10.2 Å². The van der Waals surface area contributed by atoms with Gasteiger partial charge in [-0.2, -0.15) is 0 Å². The van der Waals surface area contributed by atoms with Gasteiger partial charge in [-0.15, -0.1) is 10.2 Å². The fourth-order valence-electron chi connectivity index (χ4n) is 2.20. The summed E-state index contributed by atoms with van der Waals surface area (Å²) in [5, 5.41) is 21.3. The minimum atomic E-state index is -0.558. The minimum Gasteiger partial charge on any atom is -0.335 e. The Morgan fingerprint density at radius 2 is 2.15 bits per heavy atom. The van der Waals surface area contributed by atoms with Gasteiger partial charge in [0.2, 0.25) is 11.1 Å². The summed E-state index contributed by atoms with van der Waals surface area (Å²) in [7, 11) is 0. The highest BCUT2D eigenvalue weighted by Gasteiger charge is 2.20. The van der Waals surface area contributed by atoms with Gasteiger partial charge in [0.05, 0.1) is 10.2 Å². The van der Waals surface area contributed by atoms with Crippen molar-refractivity contribution < 1.29 is 9.72 Å². The summed E-state index contributed by atoms with van der Waals surface area (Å²) in [5.74, 6) is 6.11. The molecule has 3 aromatic rings. The maximum atomic E-state index is 12.4. The zero-order valence-electron chi connectivity index (χ0n) is 14.1. The molecule has 0 aliphatic rings. The Hall–Kier alpha value is -3.47. The van der Waals surface area contributed by atoms with E-state index in [-0.39, 0.29) is 11.6 Å². The monoisotopic (exact) mass is 385 g/mol. The van der Waals surface area contributed by atoms with Gasteiger partial charge in [0, 0.05) is 35.8 Å². The van der Waals surface area contributed by atoms with Crippen molar-refractivity contribution >= 4 is 29.0 Å². The van der Waals surface area contributed by atoms with E-state index in [1.54, 1.807) is 37.5 Å². The van der Waals surface area contributed by atoms with Crippen molar-refractivity contribution in [3.63, 3.8) is 0 Å². The molecule has 0 saturated heterocycles. The van der Waals surface area contributed by atoms with Crippen molar-refractivity contribution in [2.45, 2.75) is 17.3 Å². The first kappa shape index (κ1) is 18.3. The second kappa shape index (κ2) is 7.83. The first-order valence-corrected chi connectivity index (χ1v) is 8.66. The molecule has 0 aliphatic heterocycles. The van der Waals surface area contributed by atoms with Crippen molar-refractivity contribution in [2.24, 2.45) is 0 Å². The number of nitrogens with zero attached hydrogens (tertiary/aromatic N) is 5. The van der Waals surface area contributed by atoms with Gasteiger partial charge < -0.3 is 11.2 Å². The number of hydrogen-bond acceptors (Lipinski definition) is 8. The fourth-order valence-corrected chi connectivity index (χ4v) is 2.97. The van der Waals surface area contributed by atoms with Crippen LogP contribution in [0.3, 0.4) is 0 Å². The Bertz CT molecular complexity index is 977. The van der Waals surface area contributed by atoms with Gasteiger partial charge in [-0.05, 0) is 25.1 Å². The molecule has 2 heterocycles. The predicted octanol–water partition coefficient (Wildman–Crippen LogP) is 2.08. The number of nitro benzene ring substituents is 1. The molecule has 11 heteroatoms. The van der Waals surface area contributed by atoms with Crippen LogP contribution in [0.2, 0.25) is 0 Å². The number of thioether (sulfide) groups is 1. The second-order valence-electron chi connectivity index (χ2n) is 5.47. The normalized spacial score (nSPS) is 11.7. The summed E-state index contributed by atoms with van der Waals surface area (Å²) in [4.78, 5) is 26.7. The molecule has 1 atom stereocenters. The maximum Gasteiger partial charge on any atom is 0.271 e. The molecule has 2 aromatic heterocycles. The lowest BCUT2D eigenvalue weighted by Crippen LogP contribution is -2.23. The van der Waals surface area contributed by atoms with Crippen LogP contribution in [0.25, 0.3) is 11.4 Å². The minimum absolute atomic E-state index is 0.101. The van der Waals surface area contributed by atoms with Crippen molar-refractivity contribution in [3.05, 3.63) is 58.9 Å². The Morgan fingerprint density at radius 1 is 1.33 bits per heavy atom. The molecule has 0 spiro atoms. The largest absolute Gasteiger partial charge is 0.335 e. The van der Waals surface area contributed by atoms with Crippen LogP contribution in [0.5, 0.6) is 0 Å². The van der Waals surface area contributed by atoms with Crippen LogP contribution in [0.15, 0.2) is 53.9 Å². The molecular formula is C16H15N7O3S. The number of nitrogen functional groups attached to an aromatic ring is 1. The van der Waals surface area contributed by atoms with Crippen LogP contribution in [0.4, 0.5) is 11.4 Å². The summed E-state index contributed by atoms with van der Waals surface area (Å²) in [6.45, 7) is 1.68. The molecule has 0 saturated carbocycles. The highest BCUT2D eigenvalue weighted by molar-refractivity contribution is 8.00. The van der Waals surface area contributed by atoms with E-state index in [0.717, 1.165) is 11.8 Å². The number of aromatic nitrogens is 4. The SMILES string of the molecule is C[C@@H](Sc1nnc(-c2cccnc2)n1N)C(=O)Nc1cccc([N+](=O)[O-])c1. The molecular weight excluding hydrogens is 370 g/mol. The van der Waals surface area contributed by atoms with Crippen LogP contribution in [0, 0.1) is 10.1 Å². The lowest BCUT2D eigenvalue weighted by molar-refractivity contribution is -0.384. The first-order chi connectivity index (χ1) is 13.0. The van der Waals surface area contributed by atoms with E-state index in [9.17, 15) is 14.9 Å². The van der Waals surface area contributed by atoms with E-state index in [4.69, 9.17) is 5.84 Å². The van der Waals surface area contributed by atoms with Gasteiger partial charge in [-0.1, -0.05) is 17.8 Å². The molecule has 1 amide bonds. The van der Waals surface area contributed by atoms with E-state index in [1.807, 2.05) is 0 Å². The third-order valence-electron chi connectivity index (χ3n) is 3.56. The highest BCUT2D eigenvalue weighted by atomic mass is 32.2. The summed E-state index contributed by atoms with van der Waals surface area (Å²) in [5.41, 5.74) is 0.941. The van der Waals surface area contributed by atoms with Gasteiger partial charge in [0.1, 0.15) is 0 Å². The molecule has 1 aromatic carbocycles. The number of nitro groups is 1. The topological polar surface area (TPSA) is 142 Å². The Balaban J connectivity index is 1.69. The number of amides is 1. The molecule has 138 valence electrons. The van der Waals surface area contributed by atoms with Crippen molar-refractivity contribution in [2.75, 3.05) is 11.2 Å². The molecule has 0 bridgehead atoms. The number of pyridine rings is 1. The number of non-ortho nitro benzene ring substituents is 1. The smallest absolute Gasteiger partial charge is 0.271 e. The molecule has 0 fully saturated rings. The number of carbonyl (C=O) groups excluding carboxylic acids is 1. The van der Waals surface area contributed by atoms with Crippen LogP contribution >= 0.6 is 11.8 Å². The van der Waals surface area contributed by atoms with Gasteiger partial charge in [0.25, 0.3) is 5.69 Å². The Labute approximate surface area is 157 Å². The lowest BCUT2D eigenvalue weighted by Gasteiger charge is -2.11. The molecule has 3 N–H and O–H groups in total. The van der Waals surface area contributed by atoms with Gasteiger partial charge in [-0.25, -0.2) is 4.68 Å².